The first-order valence-electron chi connectivity index (χ1n) is 5.88. The summed E-state index contributed by atoms with van der Waals surface area (Å²) < 4.78 is 5.91. The maximum atomic E-state index is 5.91. The number of likely N-dealkylation sites (N-methyl/N-ethyl adjacent to an activating group) is 1. The maximum Gasteiger partial charge on any atom is 0.0733 e. The summed E-state index contributed by atoms with van der Waals surface area (Å²) in [6, 6.07) is 0.564. The summed E-state index contributed by atoms with van der Waals surface area (Å²) in [5, 5.41) is 3.38. The van der Waals surface area contributed by atoms with E-state index in [0.29, 0.717) is 17.6 Å². The largest absolute Gasteiger partial charge is 0.377 e. The third-order valence-corrected chi connectivity index (χ3v) is 3.24. The Morgan fingerprint density at radius 2 is 2.14 bits per heavy atom. The molecule has 2 heteroatoms. The second kappa shape index (κ2) is 5.13. The summed E-state index contributed by atoms with van der Waals surface area (Å²) in [4.78, 5) is 0. The second-order valence-electron chi connectivity index (χ2n) is 5.21. The zero-order valence-corrected chi connectivity index (χ0v) is 10.1. The van der Waals surface area contributed by atoms with Crippen LogP contribution in [-0.4, -0.2) is 25.8 Å². The molecule has 0 spiro atoms. The van der Waals surface area contributed by atoms with Crippen LogP contribution in [0.25, 0.3) is 0 Å². The molecule has 2 nitrogen and oxygen atoms in total. The molecule has 0 radical (unpaired) electrons. The van der Waals surface area contributed by atoms with E-state index in [2.05, 4.69) is 26.1 Å². The molecule has 0 amide bonds. The third-order valence-electron chi connectivity index (χ3n) is 3.24. The molecule has 84 valence electrons. The Kier molecular flexibility index (Phi) is 4.39. The summed E-state index contributed by atoms with van der Waals surface area (Å²) in [7, 11) is 2.05. The second-order valence-corrected chi connectivity index (χ2v) is 5.21. The first-order chi connectivity index (χ1) is 6.59. The fraction of sp³-hybridized carbons (Fsp3) is 1.00. The van der Waals surface area contributed by atoms with Crippen molar-refractivity contribution in [2.45, 2.75) is 58.6 Å². The van der Waals surface area contributed by atoms with Gasteiger partial charge in [0.2, 0.25) is 0 Å². The molecule has 1 fully saturated rings. The van der Waals surface area contributed by atoms with E-state index < -0.39 is 0 Å². The van der Waals surface area contributed by atoms with E-state index in [-0.39, 0.29) is 0 Å². The fourth-order valence-electron chi connectivity index (χ4n) is 2.30. The van der Waals surface area contributed by atoms with E-state index in [9.17, 15) is 0 Å². The van der Waals surface area contributed by atoms with Crippen LogP contribution in [0.15, 0.2) is 0 Å². The van der Waals surface area contributed by atoms with Gasteiger partial charge in [0.1, 0.15) is 0 Å². The van der Waals surface area contributed by atoms with E-state index in [1.165, 1.54) is 19.3 Å². The molecule has 1 aliphatic rings. The van der Waals surface area contributed by atoms with Crippen LogP contribution in [0.3, 0.4) is 0 Å². The highest BCUT2D eigenvalue weighted by atomic mass is 16.5. The van der Waals surface area contributed by atoms with Gasteiger partial charge in [0.25, 0.3) is 0 Å². The molecule has 1 aliphatic carbocycles. The molecule has 1 saturated carbocycles. The molecule has 2 atom stereocenters. The number of hydrogen-bond donors (Lipinski definition) is 1. The number of rotatable bonds is 4. The smallest absolute Gasteiger partial charge is 0.0733 e. The van der Waals surface area contributed by atoms with Crippen molar-refractivity contribution in [3.8, 4) is 0 Å². The van der Waals surface area contributed by atoms with Crippen LogP contribution < -0.4 is 5.32 Å². The Balaban J connectivity index is 2.47. The summed E-state index contributed by atoms with van der Waals surface area (Å²) in [6.07, 6.45) is 5.29. The van der Waals surface area contributed by atoms with Crippen LogP contribution in [0.5, 0.6) is 0 Å². The van der Waals surface area contributed by atoms with Crippen molar-refractivity contribution in [3.63, 3.8) is 0 Å². The van der Waals surface area contributed by atoms with Crippen molar-refractivity contribution in [2.24, 2.45) is 5.41 Å². The lowest BCUT2D eigenvalue weighted by Gasteiger charge is -2.40. The van der Waals surface area contributed by atoms with Gasteiger partial charge >= 0.3 is 0 Å². The molecule has 0 saturated heterocycles. The van der Waals surface area contributed by atoms with Crippen LogP contribution in [-0.2, 0) is 4.74 Å². The van der Waals surface area contributed by atoms with E-state index in [1.807, 2.05) is 7.05 Å². The van der Waals surface area contributed by atoms with Gasteiger partial charge in [-0.25, -0.2) is 0 Å². The van der Waals surface area contributed by atoms with E-state index in [1.54, 1.807) is 0 Å². The highest BCUT2D eigenvalue weighted by Crippen LogP contribution is 2.36. The minimum absolute atomic E-state index is 0.420. The zero-order valence-electron chi connectivity index (χ0n) is 10.1. The highest BCUT2D eigenvalue weighted by molar-refractivity contribution is 4.89. The highest BCUT2D eigenvalue weighted by Gasteiger charge is 2.34. The van der Waals surface area contributed by atoms with Crippen molar-refractivity contribution in [3.05, 3.63) is 0 Å². The molecule has 0 aliphatic heterocycles. The van der Waals surface area contributed by atoms with Gasteiger partial charge in [-0.1, -0.05) is 20.8 Å². The lowest BCUT2D eigenvalue weighted by atomic mass is 9.74. The molecule has 1 N–H and O–H groups in total. The Labute approximate surface area is 88.4 Å². The zero-order chi connectivity index (χ0) is 10.6. The van der Waals surface area contributed by atoms with Crippen LogP contribution in [0.4, 0.5) is 0 Å². The average molecular weight is 199 g/mol. The average Bonchev–Trinajstić information content (AvgIpc) is 2.14. The molecule has 14 heavy (non-hydrogen) atoms. The Bertz CT molecular complexity index is 168. The Hall–Kier alpha value is -0.0800. The van der Waals surface area contributed by atoms with Crippen molar-refractivity contribution < 1.29 is 4.74 Å². The normalized spacial score (nSPS) is 31.7. The van der Waals surface area contributed by atoms with Crippen molar-refractivity contribution >= 4 is 0 Å². The summed E-state index contributed by atoms with van der Waals surface area (Å²) in [5.41, 5.74) is 0.464. The van der Waals surface area contributed by atoms with Gasteiger partial charge in [-0.3, -0.25) is 0 Å². The number of ether oxygens (including phenoxy) is 1. The predicted octanol–water partition coefficient (Wildman–Crippen LogP) is 2.58. The molecule has 2 unspecified atom stereocenters. The van der Waals surface area contributed by atoms with E-state index in [4.69, 9.17) is 4.74 Å². The quantitative estimate of drug-likeness (QED) is 0.751. The standard InChI is InChI=1S/C12H25NO/c1-5-8-14-11-9-12(2,3)7-6-10(11)13-4/h10-11,13H,5-9H2,1-4H3. The van der Waals surface area contributed by atoms with Crippen LogP contribution in [0.1, 0.15) is 46.5 Å². The maximum absolute atomic E-state index is 5.91. The Morgan fingerprint density at radius 3 is 2.71 bits per heavy atom. The monoisotopic (exact) mass is 199 g/mol. The lowest BCUT2D eigenvalue weighted by molar-refractivity contribution is -0.0261. The third kappa shape index (κ3) is 3.25. The van der Waals surface area contributed by atoms with Gasteiger partial charge in [0.15, 0.2) is 0 Å². The molecule has 1 rings (SSSR count). The van der Waals surface area contributed by atoms with E-state index in [0.717, 1.165) is 13.0 Å². The molecule has 0 bridgehead atoms. The van der Waals surface area contributed by atoms with Gasteiger partial charge < -0.3 is 10.1 Å². The van der Waals surface area contributed by atoms with Gasteiger partial charge in [0.05, 0.1) is 6.10 Å². The molecular weight excluding hydrogens is 174 g/mol. The first kappa shape index (κ1) is 12.0. The van der Waals surface area contributed by atoms with Crippen LogP contribution in [0.2, 0.25) is 0 Å². The number of nitrogens with one attached hydrogen (secondary N) is 1. The van der Waals surface area contributed by atoms with Gasteiger partial charge in [-0.15, -0.1) is 0 Å². The lowest BCUT2D eigenvalue weighted by Crippen LogP contribution is -2.46. The predicted molar refractivity (Wildman–Crippen MR) is 60.5 cm³/mol. The first-order valence-corrected chi connectivity index (χ1v) is 5.88. The minimum Gasteiger partial charge on any atom is -0.377 e. The van der Waals surface area contributed by atoms with Crippen LogP contribution >= 0.6 is 0 Å². The van der Waals surface area contributed by atoms with Crippen molar-refractivity contribution in [2.75, 3.05) is 13.7 Å². The van der Waals surface area contributed by atoms with Crippen molar-refractivity contribution in [1.82, 2.24) is 5.32 Å². The SMILES string of the molecule is CCCOC1CC(C)(C)CCC1NC. The van der Waals surface area contributed by atoms with Gasteiger partial charge in [-0.2, -0.15) is 0 Å². The Morgan fingerprint density at radius 1 is 1.43 bits per heavy atom. The van der Waals surface area contributed by atoms with Gasteiger partial charge in [-0.05, 0) is 38.1 Å². The number of hydrogen-bond acceptors (Lipinski definition) is 2. The summed E-state index contributed by atoms with van der Waals surface area (Å²) in [6.45, 7) is 7.77. The van der Waals surface area contributed by atoms with Crippen molar-refractivity contribution in [1.29, 1.82) is 0 Å². The minimum atomic E-state index is 0.420. The molecule has 0 heterocycles. The van der Waals surface area contributed by atoms with E-state index >= 15 is 0 Å². The van der Waals surface area contributed by atoms with Crippen LogP contribution in [0, 0.1) is 5.41 Å². The summed E-state index contributed by atoms with van der Waals surface area (Å²) in [5.74, 6) is 0. The molecule has 0 aromatic heterocycles. The molecule has 0 aromatic carbocycles. The van der Waals surface area contributed by atoms with Gasteiger partial charge in [0, 0.05) is 12.6 Å². The fourth-order valence-corrected chi connectivity index (χ4v) is 2.30. The summed E-state index contributed by atoms with van der Waals surface area (Å²) >= 11 is 0. The topological polar surface area (TPSA) is 21.3 Å². The molecular formula is C12H25NO. The molecule has 0 aromatic rings.